The van der Waals surface area contributed by atoms with Gasteiger partial charge in [0.1, 0.15) is 55.1 Å². The van der Waals surface area contributed by atoms with Crippen LogP contribution in [0.4, 0.5) is 39.5 Å². The molecule has 6 aromatic carbocycles. The van der Waals surface area contributed by atoms with E-state index >= 15 is 0 Å². The number of nitrogen functional groups attached to an aromatic ring is 1. The third-order valence-corrected chi connectivity index (χ3v) is 17.3. The summed E-state index contributed by atoms with van der Waals surface area (Å²) in [4.78, 5) is 88.9. The SMILES string of the molecule is C.C.C#CC(O)CC(=O)NNC(=O)c1ccccc1Cc1ccc(C(F)(F)F)cc1.C#CC(O)CC(=O)O.C#CC(O)Cc1nnc(-c2ccccc2Cc2ccc(C(F)(F)F)cc2)o1.CCOC(=O)C#C[Si](C)(C)C.CCOC(=O)CC(=O)C#C[Si](C)(C)C.CCOC(=O)CC(O)C#C[Si](C)(C)C.NNC(=O)c1ccccc1Cc1ccc(C(F)(F)F)cc1. The van der Waals surface area contributed by atoms with Crippen molar-refractivity contribution in [3.63, 3.8) is 0 Å². The molecule has 4 unspecified atom stereocenters. The van der Waals surface area contributed by atoms with Crippen LogP contribution in [-0.4, -0.2) is 152 Å². The molecule has 1 aromatic heterocycles. The lowest BCUT2D eigenvalue weighted by Crippen LogP contribution is -2.42. The standard InChI is InChI=1S/C20H17F3N2O3.C20H15F3N2O2.C15H13F3N2O.C10H18O3Si.C10H16O3Si.C8H14O2Si.C5H6O3.2CH4/c1-2-16(26)12-18(27)24-25-19(28)17-6-4-3-5-14(17)11-13-7-9-15(10-8-13)20(21,22)23;1-2-16(26)12-18-24-25-19(27-18)17-6-4-3-5-14(17)11-13-7-9-15(10-8-13)20(21,22)23;16-15(17,18)12-7-5-10(6-8-12)9-11-3-1-2-4-13(11)14(21)20-19;2*1-5-13-10(12)8-9(11)6-7-14(2,3)4;1-5-10-8(9)6-7-11(2,3)4;1-2-4(6)3-5(7)8;;/h1,3-10,16,26H,11-12H2,(H,24,27)(H,25,28);1,3-10,16,26H,11-12H2;1-8H,9,19H2,(H,20,21);9,11H,5,8H2,1-4H3;5,8H2,1-4H3;5H2,1-4H3;1,4,6H,3H2,(H,7,8);2*1H4. The fourth-order valence-electron chi connectivity index (χ4n) is 9.00. The Labute approximate surface area is 726 Å². The number of hydrogen-bond donors (Lipinski definition) is 9. The number of hydrogen-bond acceptors (Lipinski definition) is 19. The van der Waals surface area contributed by atoms with E-state index in [0.717, 1.165) is 47.5 Å². The van der Waals surface area contributed by atoms with Gasteiger partial charge in [-0.05, 0) is 134 Å². The number of nitrogens with zero attached hydrogens (tertiary/aromatic N) is 2. The number of benzene rings is 6. The van der Waals surface area contributed by atoms with Crippen LogP contribution in [0.2, 0.25) is 58.9 Å². The molecule has 125 heavy (non-hydrogen) atoms. The van der Waals surface area contributed by atoms with Crippen molar-refractivity contribution in [3.05, 3.63) is 213 Å². The predicted octanol–water partition coefficient (Wildman–Crippen LogP) is 14.0. The summed E-state index contributed by atoms with van der Waals surface area (Å²) in [6.07, 6.45) is -2.68. The molecule has 7 rings (SSSR count). The quantitative estimate of drug-likeness (QED) is 0.00350. The Morgan fingerprint density at radius 3 is 1.25 bits per heavy atom. The highest BCUT2D eigenvalue weighted by Crippen LogP contribution is 2.33. The molecule has 23 nitrogen and oxygen atoms in total. The number of carbonyl (C=O) groups excluding carboxylic acids is 7. The van der Waals surface area contributed by atoms with Gasteiger partial charge in [0.25, 0.3) is 11.8 Å². The number of carboxylic acid groups (broad SMARTS) is 1. The Morgan fingerprint density at radius 1 is 0.472 bits per heavy atom. The highest BCUT2D eigenvalue weighted by molar-refractivity contribution is 6.84. The Bertz CT molecular complexity index is 4930. The minimum atomic E-state index is -4.42. The summed E-state index contributed by atoms with van der Waals surface area (Å²) in [5.41, 5.74) is 18.5. The lowest BCUT2D eigenvalue weighted by atomic mass is 9.98. The molecule has 0 spiro atoms. The summed E-state index contributed by atoms with van der Waals surface area (Å²) in [7, 11) is -4.40. The zero-order valence-electron chi connectivity index (χ0n) is 69.7. The zero-order chi connectivity index (χ0) is 93.5. The molecule has 35 heteroatoms. The molecule has 0 saturated heterocycles. The largest absolute Gasteiger partial charge is 0.481 e. The lowest BCUT2D eigenvalue weighted by Gasteiger charge is -2.12. The van der Waals surface area contributed by atoms with Crippen LogP contribution in [0, 0.1) is 71.4 Å². The summed E-state index contributed by atoms with van der Waals surface area (Å²) >= 11 is 0. The minimum absolute atomic E-state index is 0. The summed E-state index contributed by atoms with van der Waals surface area (Å²) in [5, 5.41) is 52.3. The summed E-state index contributed by atoms with van der Waals surface area (Å²) in [6, 6.07) is 35.1. The number of aliphatic carboxylic acids is 1. The number of esters is 3. The number of rotatable bonds is 22. The monoisotopic (exact) mass is 1800 g/mol. The van der Waals surface area contributed by atoms with E-state index in [2.05, 4.69) is 121 Å². The van der Waals surface area contributed by atoms with Gasteiger partial charge in [0.2, 0.25) is 23.5 Å². The molecule has 0 aliphatic carbocycles. The van der Waals surface area contributed by atoms with E-state index in [1.165, 1.54) is 42.5 Å². The summed E-state index contributed by atoms with van der Waals surface area (Å²) in [5.74, 6) is 14.8. The van der Waals surface area contributed by atoms with Gasteiger partial charge in [-0.15, -0.1) is 46.1 Å². The molecule has 0 fully saturated rings. The van der Waals surface area contributed by atoms with Crippen molar-refractivity contribution < 1.29 is 122 Å². The average Bonchev–Trinajstić information content (AvgIpc) is 1.67. The molecule has 7 aromatic rings. The lowest BCUT2D eigenvalue weighted by molar-refractivity contribution is -0.145. The van der Waals surface area contributed by atoms with Crippen LogP contribution in [0.15, 0.2) is 150 Å². The normalized spacial score (nSPS) is 11.4. The average molecular weight is 1800 g/mol. The molecular weight excluding hydrogens is 1690 g/mol. The Morgan fingerprint density at radius 2 is 0.856 bits per heavy atom. The molecule has 0 bridgehead atoms. The van der Waals surface area contributed by atoms with Gasteiger partial charge in [0.05, 0.1) is 62.2 Å². The number of aromatic nitrogens is 2. The van der Waals surface area contributed by atoms with Crippen LogP contribution in [0.1, 0.15) is 138 Å². The van der Waals surface area contributed by atoms with Crippen molar-refractivity contribution in [3.8, 4) is 82.9 Å². The second-order valence-electron chi connectivity index (χ2n) is 28.8. The number of amides is 3. The number of terminal acetylenes is 3. The van der Waals surface area contributed by atoms with Crippen LogP contribution >= 0.6 is 0 Å². The third-order valence-electron chi connectivity index (χ3n) is 14.7. The topological polar surface area (TPSA) is 366 Å². The number of ether oxygens (including phenoxy) is 3. The van der Waals surface area contributed by atoms with Crippen LogP contribution in [0.25, 0.3) is 11.5 Å². The highest BCUT2D eigenvalue weighted by atomic mass is 28.3. The van der Waals surface area contributed by atoms with Gasteiger partial charge in [0.15, 0.2) is 0 Å². The molecule has 3 amide bonds. The first-order valence-electron chi connectivity index (χ1n) is 37.4. The van der Waals surface area contributed by atoms with Gasteiger partial charge in [0, 0.05) is 22.6 Å². The highest BCUT2D eigenvalue weighted by Gasteiger charge is 2.32. The van der Waals surface area contributed by atoms with Crippen molar-refractivity contribution in [2.24, 2.45) is 5.84 Å². The molecule has 1 heterocycles. The smallest absolute Gasteiger partial charge is 0.416 e. The number of Topliss-reactive ketones (excluding diaryl/α,β-unsaturated/α-hetero) is 1. The van der Waals surface area contributed by atoms with Crippen molar-refractivity contribution in [1.29, 1.82) is 0 Å². The molecule has 0 aliphatic heterocycles. The number of nitrogens with one attached hydrogen (secondary N) is 3. The molecule has 0 aliphatic rings. The van der Waals surface area contributed by atoms with Crippen LogP contribution < -0.4 is 22.1 Å². The van der Waals surface area contributed by atoms with Crippen LogP contribution in [0.3, 0.4) is 0 Å². The number of alkyl halides is 9. The Hall–Kier alpha value is -12.4. The van der Waals surface area contributed by atoms with E-state index in [9.17, 15) is 93.2 Å². The molecule has 0 saturated carbocycles. The fourth-order valence-corrected chi connectivity index (χ4v) is 10.6. The van der Waals surface area contributed by atoms with Crippen LogP contribution in [-0.2, 0) is 87.2 Å². The Kier molecular flexibility index (Phi) is 52.4. The van der Waals surface area contributed by atoms with Crippen molar-refractivity contribution >= 4 is 71.6 Å². The maximum atomic E-state index is 12.7. The third kappa shape index (κ3) is 51.3. The van der Waals surface area contributed by atoms with Gasteiger partial charge < -0.3 is 44.2 Å². The first kappa shape index (κ1) is 115. The number of carbonyl (C=O) groups is 8. The molecule has 674 valence electrons. The molecule has 4 atom stereocenters. The van der Waals surface area contributed by atoms with Gasteiger partial charge >= 0.3 is 42.4 Å². The second-order valence-corrected chi connectivity index (χ2v) is 43.0. The molecular formula is C90H107F9N6O17Si3. The maximum Gasteiger partial charge on any atom is 0.416 e. The number of carboxylic acids is 1. The molecule has 0 radical (unpaired) electrons. The summed E-state index contributed by atoms with van der Waals surface area (Å²) in [6.45, 7) is 24.9. The van der Waals surface area contributed by atoms with E-state index in [0.29, 0.717) is 66.0 Å². The predicted molar refractivity (Wildman–Crippen MR) is 465 cm³/mol. The maximum absolute atomic E-state index is 12.7. The van der Waals surface area contributed by atoms with E-state index < -0.39 is 125 Å². The number of ketones is 1. The van der Waals surface area contributed by atoms with E-state index in [-0.39, 0.29) is 76.5 Å². The van der Waals surface area contributed by atoms with E-state index in [1.807, 2.05) is 49.0 Å². The number of aliphatic hydroxyl groups excluding tert-OH is 4. The summed E-state index contributed by atoms with van der Waals surface area (Å²) < 4.78 is 133. The van der Waals surface area contributed by atoms with Gasteiger partial charge in [-0.1, -0.05) is 188 Å². The number of halogens is 9. The second kappa shape index (κ2) is 57.1. The first-order valence-corrected chi connectivity index (χ1v) is 47.9. The van der Waals surface area contributed by atoms with Crippen LogP contribution in [0.5, 0.6) is 0 Å². The fraction of sp³-hybridized carbons (Fsp3) is 0.356. The van der Waals surface area contributed by atoms with Crippen molar-refractivity contribution in [2.45, 2.75) is 189 Å². The Balaban J connectivity index is 0. The van der Waals surface area contributed by atoms with Gasteiger partial charge in [-0.3, -0.25) is 49.8 Å². The van der Waals surface area contributed by atoms with Gasteiger partial charge in [-0.25, -0.2) is 10.6 Å². The van der Waals surface area contributed by atoms with Crippen molar-refractivity contribution in [2.75, 3.05) is 19.8 Å². The van der Waals surface area contributed by atoms with E-state index in [4.69, 9.17) is 33.3 Å². The van der Waals surface area contributed by atoms with Gasteiger partial charge in [-0.2, -0.15) is 39.5 Å². The number of nitrogens with two attached hydrogens (primary N) is 1. The first-order chi connectivity index (χ1) is 57.3. The zero-order valence-corrected chi connectivity index (χ0v) is 72.7. The minimum Gasteiger partial charge on any atom is -0.481 e. The number of hydrazine groups is 2. The molecule has 10 N–H and O–H groups in total. The van der Waals surface area contributed by atoms with Crippen molar-refractivity contribution in [1.82, 2.24) is 26.5 Å². The van der Waals surface area contributed by atoms with E-state index in [1.54, 1.807) is 75.4 Å². The number of aliphatic hydroxyl groups is 4.